The molecule has 0 saturated heterocycles. The van der Waals surface area contributed by atoms with Gasteiger partial charge in [0.25, 0.3) is 0 Å². The molecule has 55 heavy (non-hydrogen) atoms. The monoisotopic (exact) mass is 770 g/mol. The summed E-state index contributed by atoms with van der Waals surface area (Å²) in [6.07, 6.45) is 64.0. The summed E-state index contributed by atoms with van der Waals surface area (Å²) in [6, 6.07) is -0.647. The van der Waals surface area contributed by atoms with Crippen LogP contribution in [0.3, 0.4) is 0 Å². The summed E-state index contributed by atoms with van der Waals surface area (Å²) in [5.74, 6) is -0.0887. The Balaban J connectivity index is 3.52. The maximum atomic E-state index is 12.3. The Bertz CT molecular complexity index is 877. The van der Waals surface area contributed by atoms with Crippen molar-refractivity contribution in [2.75, 3.05) is 6.61 Å². The first-order chi connectivity index (χ1) is 27.2. The molecule has 0 saturated carbocycles. The number of amides is 1. The van der Waals surface area contributed by atoms with Crippen molar-refractivity contribution in [2.45, 2.75) is 264 Å². The molecule has 0 spiro atoms. The van der Waals surface area contributed by atoms with E-state index in [0.717, 1.165) is 51.4 Å². The molecule has 2 atom stereocenters. The molecule has 0 radical (unpaired) electrons. The number of rotatable bonds is 44. The lowest BCUT2D eigenvalue weighted by Crippen LogP contribution is -2.45. The van der Waals surface area contributed by atoms with Crippen LogP contribution in [0.1, 0.15) is 251 Å². The van der Waals surface area contributed by atoms with Gasteiger partial charge in [0.1, 0.15) is 0 Å². The summed E-state index contributed by atoms with van der Waals surface area (Å²) in [4.78, 5) is 12.3. The highest BCUT2D eigenvalue weighted by Gasteiger charge is 2.17. The molecule has 0 aliphatic rings. The zero-order chi connectivity index (χ0) is 40.0. The van der Waals surface area contributed by atoms with Gasteiger partial charge in [0.05, 0.1) is 18.8 Å². The lowest BCUT2D eigenvalue weighted by Gasteiger charge is -2.19. The van der Waals surface area contributed by atoms with E-state index >= 15 is 0 Å². The standard InChI is InChI=1S/C51H95NO3/c1-3-5-7-9-11-13-15-17-18-19-20-21-22-23-24-25-26-27-28-29-30-31-32-33-35-36-38-40-42-44-46-50(54)49(48-53)52-51(55)47-45-43-41-39-37-34-16-14-12-10-8-6-4-2/h8,10,14,16,36,38,44,46,49-50,53-54H,3-7,9,11-13,15,17-35,37,39-43,45,47-48H2,1-2H3,(H,52,55)/b10-8-,16-14-,38-36+,46-44+. The minimum atomic E-state index is -0.869. The second-order valence-corrected chi connectivity index (χ2v) is 16.5. The Morgan fingerprint density at radius 1 is 0.436 bits per heavy atom. The van der Waals surface area contributed by atoms with Gasteiger partial charge in [0, 0.05) is 6.42 Å². The first-order valence-corrected chi connectivity index (χ1v) is 24.4. The minimum absolute atomic E-state index is 0.0887. The Morgan fingerprint density at radius 3 is 1.24 bits per heavy atom. The van der Waals surface area contributed by atoms with E-state index in [-0.39, 0.29) is 12.5 Å². The largest absolute Gasteiger partial charge is 0.394 e. The van der Waals surface area contributed by atoms with E-state index in [1.54, 1.807) is 6.08 Å². The molecule has 3 N–H and O–H groups in total. The summed E-state index contributed by atoms with van der Waals surface area (Å²) in [5.41, 5.74) is 0. The highest BCUT2D eigenvalue weighted by Crippen LogP contribution is 2.16. The Labute approximate surface area is 344 Å². The van der Waals surface area contributed by atoms with Crippen molar-refractivity contribution in [2.24, 2.45) is 0 Å². The second-order valence-electron chi connectivity index (χ2n) is 16.5. The predicted molar refractivity (Wildman–Crippen MR) is 244 cm³/mol. The van der Waals surface area contributed by atoms with Gasteiger partial charge in [-0.2, -0.15) is 0 Å². The molecular formula is C51H95NO3. The Kier molecular flexibility index (Phi) is 45.3. The first-order valence-electron chi connectivity index (χ1n) is 24.4. The molecule has 322 valence electrons. The van der Waals surface area contributed by atoms with Gasteiger partial charge in [0.15, 0.2) is 0 Å². The Morgan fingerprint density at radius 2 is 0.800 bits per heavy atom. The van der Waals surface area contributed by atoms with Crippen molar-refractivity contribution >= 4 is 5.91 Å². The molecule has 4 heteroatoms. The van der Waals surface area contributed by atoms with Crippen molar-refractivity contribution in [1.82, 2.24) is 5.32 Å². The van der Waals surface area contributed by atoms with E-state index in [0.29, 0.717) is 6.42 Å². The molecule has 0 bridgehead atoms. The summed E-state index contributed by atoms with van der Waals surface area (Å²) in [5, 5.41) is 23.0. The molecule has 0 aliphatic heterocycles. The zero-order valence-electron chi connectivity index (χ0n) is 36.9. The van der Waals surface area contributed by atoms with Gasteiger partial charge in [-0.15, -0.1) is 0 Å². The van der Waals surface area contributed by atoms with Crippen LogP contribution in [0.25, 0.3) is 0 Å². The highest BCUT2D eigenvalue weighted by atomic mass is 16.3. The lowest BCUT2D eigenvalue weighted by atomic mass is 10.0. The summed E-state index contributed by atoms with van der Waals surface area (Å²) >= 11 is 0. The molecule has 0 heterocycles. The van der Waals surface area contributed by atoms with Crippen LogP contribution in [-0.4, -0.2) is 34.9 Å². The van der Waals surface area contributed by atoms with Gasteiger partial charge >= 0.3 is 0 Å². The van der Waals surface area contributed by atoms with Crippen LogP contribution in [0, 0.1) is 0 Å². The average Bonchev–Trinajstić information content (AvgIpc) is 3.19. The normalized spacial score (nSPS) is 13.3. The molecule has 0 rings (SSSR count). The number of unbranched alkanes of at least 4 members (excludes halogenated alkanes) is 31. The third-order valence-electron chi connectivity index (χ3n) is 11.0. The summed E-state index contributed by atoms with van der Waals surface area (Å²) in [6.45, 7) is 4.23. The summed E-state index contributed by atoms with van der Waals surface area (Å²) in [7, 11) is 0. The average molecular weight is 770 g/mol. The molecule has 4 nitrogen and oxygen atoms in total. The van der Waals surface area contributed by atoms with Gasteiger partial charge < -0.3 is 15.5 Å². The van der Waals surface area contributed by atoms with E-state index in [4.69, 9.17) is 0 Å². The van der Waals surface area contributed by atoms with Crippen molar-refractivity contribution in [1.29, 1.82) is 0 Å². The topological polar surface area (TPSA) is 69.6 Å². The molecule has 0 aromatic heterocycles. The molecule has 1 amide bonds. The minimum Gasteiger partial charge on any atom is -0.394 e. The van der Waals surface area contributed by atoms with Crippen LogP contribution >= 0.6 is 0 Å². The number of hydrogen-bond acceptors (Lipinski definition) is 3. The van der Waals surface area contributed by atoms with Crippen LogP contribution < -0.4 is 5.32 Å². The van der Waals surface area contributed by atoms with Gasteiger partial charge in [0.2, 0.25) is 5.91 Å². The third kappa shape index (κ3) is 43.3. The van der Waals surface area contributed by atoms with Gasteiger partial charge in [-0.3, -0.25) is 4.79 Å². The fraction of sp³-hybridized carbons (Fsp3) is 0.824. The molecule has 0 aliphatic carbocycles. The smallest absolute Gasteiger partial charge is 0.220 e. The van der Waals surface area contributed by atoms with Crippen LogP contribution in [0.15, 0.2) is 48.6 Å². The van der Waals surface area contributed by atoms with Gasteiger partial charge in [-0.25, -0.2) is 0 Å². The number of allylic oxidation sites excluding steroid dienone is 7. The molecule has 0 fully saturated rings. The van der Waals surface area contributed by atoms with Crippen molar-refractivity contribution in [3.8, 4) is 0 Å². The van der Waals surface area contributed by atoms with Crippen LogP contribution in [0.2, 0.25) is 0 Å². The predicted octanol–water partition coefficient (Wildman–Crippen LogP) is 15.5. The van der Waals surface area contributed by atoms with Crippen LogP contribution in [0.5, 0.6) is 0 Å². The fourth-order valence-electron chi connectivity index (χ4n) is 7.29. The maximum Gasteiger partial charge on any atom is 0.220 e. The van der Waals surface area contributed by atoms with Gasteiger partial charge in [-0.05, 0) is 57.8 Å². The third-order valence-corrected chi connectivity index (χ3v) is 11.0. The first kappa shape index (κ1) is 53.4. The molecule has 2 unspecified atom stereocenters. The van der Waals surface area contributed by atoms with E-state index in [2.05, 4.69) is 55.6 Å². The van der Waals surface area contributed by atoms with E-state index in [1.165, 1.54) is 180 Å². The highest BCUT2D eigenvalue weighted by molar-refractivity contribution is 5.76. The van der Waals surface area contributed by atoms with Gasteiger partial charge in [-0.1, -0.05) is 236 Å². The number of aliphatic hydroxyl groups is 2. The van der Waals surface area contributed by atoms with Crippen LogP contribution in [0.4, 0.5) is 0 Å². The Hall–Kier alpha value is -1.65. The fourth-order valence-corrected chi connectivity index (χ4v) is 7.29. The lowest BCUT2D eigenvalue weighted by molar-refractivity contribution is -0.123. The SMILES string of the molecule is CCC/C=C\C/C=C\CCCCCCCC(=O)NC(CO)C(O)/C=C/CC/C=C/CCCCCCCCCCCCCCCCCCCCCCCCCC. The molecule has 0 aromatic rings. The van der Waals surface area contributed by atoms with Crippen molar-refractivity contribution in [3.63, 3.8) is 0 Å². The second kappa shape index (κ2) is 46.7. The van der Waals surface area contributed by atoms with E-state index < -0.39 is 12.1 Å². The van der Waals surface area contributed by atoms with Crippen LogP contribution in [-0.2, 0) is 4.79 Å². The number of carbonyl (C=O) groups is 1. The number of nitrogens with one attached hydrogen (secondary N) is 1. The number of aliphatic hydroxyl groups excluding tert-OH is 2. The number of hydrogen-bond donors (Lipinski definition) is 3. The van der Waals surface area contributed by atoms with E-state index in [1.807, 2.05) is 6.08 Å². The maximum absolute atomic E-state index is 12.3. The van der Waals surface area contributed by atoms with Crippen molar-refractivity contribution in [3.05, 3.63) is 48.6 Å². The molecular weight excluding hydrogens is 675 g/mol. The molecule has 0 aromatic carbocycles. The quantitative estimate of drug-likeness (QED) is 0.0427. The van der Waals surface area contributed by atoms with Crippen molar-refractivity contribution < 1.29 is 15.0 Å². The summed E-state index contributed by atoms with van der Waals surface area (Å²) < 4.78 is 0. The van der Waals surface area contributed by atoms with E-state index in [9.17, 15) is 15.0 Å². The number of carbonyl (C=O) groups excluding carboxylic acids is 1. The zero-order valence-corrected chi connectivity index (χ0v) is 36.9.